The third-order valence-corrected chi connectivity index (χ3v) is 4.83. The molecular formula is C26H22O. The molecule has 0 saturated heterocycles. The van der Waals surface area contributed by atoms with Crippen LogP contribution in [0.5, 0.6) is 5.75 Å². The standard InChI is InChI=1S/C26H22O/c1-21-17-19-25(20-18-21)27-26(22-11-5-2-6-12-22,23-13-7-3-8-14-23)24-15-9-4-10-16-24/h2-20H,1H3. The van der Waals surface area contributed by atoms with Gasteiger partial charge in [0.25, 0.3) is 0 Å². The topological polar surface area (TPSA) is 9.23 Å². The predicted octanol–water partition coefficient (Wildman–Crippen LogP) is 6.37. The van der Waals surface area contributed by atoms with Gasteiger partial charge in [0, 0.05) is 16.7 Å². The van der Waals surface area contributed by atoms with Gasteiger partial charge in [-0.3, -0.25) is 0 Å². The van der Waals surface area contributed by atoms with E-state index < -0.39 is 5.60 Å². The Balaban J connectivity index is 1.98. The Hall–Kier alpha value is -3.32. The van der Waals surface area contributed by atoms with Gasteiger partial charge in [-0.25, -0.2) is 0 Å². The van der Waals surface area contributed by atoms with Crippen molar-refractivity contribution in [1.82, 2.24) is 0 Å². The molecule has 0 spiro atoms. The van der Waals surface area contributed by atoms with Crippen LogP contribution in [-0.4, -0.2) is 0 Å². The van der Waals surface area contributed by atoms with Crippen LogP contribution in [0.1, 0.15) is 22.3 Å². The highest BCUT2D eigenvalue weighted by Gasteiger charge is 2.38. The fourth-order valence-corrected chi connectivity index (χ4v) is 3.48. The fourth-order valence-electron chi connectivity index (χ4n) is 3.48. The van der Waals surface area contributed by atoms with Crippen molar-refractivity contribution in [3.05, 3.63) is 138 Å². The van der Waals surface area contributed by atoms with Gasteiger partial charge < -0.3 is 4.74 Å². The highest BCUT2D eigenvalue weighted by atomic mass is 16.5. The molecule has 0 aliphatic rings. The van der Waals surface area contributed by atoms with Crippen molar-refractivity contribution in [1.29, 1.82) is 0 Å². The lowest BCUT2D eigenvalue weighted by atomic mass is 9.80. The molecule has 4 aromatic rings. The normalized spacial score (nSPS) is 11.1. The summed E-state index contributed by atoms with van der Waals surface area (Å²) in [5.41, 5.74) is 3.79. The molecule has 0 saturated carbocycles. The quantitative estimate of drug-likeness (QED) is 0.380. The van der Waals surface area contributed by atoms with Gasteiger partial charge in [0.2, 0.25) is 0 Å². The summed E-state index contributed by atoms with van der Waals surface area (Å²) in [7, 11) is 0. The molecule has 4 aromatic carbocycles. The summed E-state index contributed by atoms with van der Waals surface area (Å²) in [5.74, 6) is 0.845. The average Bonchev–Trinajstić information content (AvgIpc) is 2.75. The smallest absolute Gasteiger partial charge is 0.184 e. The molecule has 0 heterocycles. The molecular weight excluding hydrogens is 328 g/mol. The molecule has 0 bridgehead atoms. The summed E-state index contributed by atoms with van der Waals surface area (Å²) in [6, 6.07) is 39.5. The lowest BCUT2D eigenvalue weighted by molar-refractivity contribution is 0.155. The van der Waals surface area contributed by atoms with E-state index in [-0.39, 0.29) is 0 Å². The maximum absolute atomic E-state index is 6.82. The molecule has 0 amide bonds. The Morgan fingerprint density at radius 1 is 0.481 bits per heavy atom. The van der Waals surface area contributed by atoms with Gasteiger partial charge in [-0.05, 0) is 19.1 Å². The van der Waals surface area contributed by atoms with Crippen LogP contribution in [-0.2, 0) is 5.60 Å². The zero-order valence-corrected chi connectivity index (χ0v) is 15.4. The van der Waals surface area contributed by atoms with E-state index in [0.717, 1.165) is 22.4 Å². The maximum atomic E-state index is 6.82. The number of benzene rings is 4. The van der Waals surface area contributed by atoms with Crippen molar-refractivity contribution in [2.75, 3.05) is 0 Å². The first-order valence-corrected chi connectivity index (χ1v) is 9.21. The summed E-state index contributed by atoms with van der Waals surface area (Å²) in [5, 5.41) is 0. The van der Waals surface area contributed by atoms with Gasteiger partial charge in [0.1, 0.15) is 5.75 Å². The monoisotopic (exact) mass is 350 g/mol. The van der Waals surface area contributed by atoms with Crippen molar-refractivity contribution in [3.63, 3.8) is 0 Å². The molecule has 0 radical (unpaired) electrons. The first kappa shape index (κ1) is 17.1. The SMILES string of the molecule is Cc1ccc(OC(c2ccccc2)(c2ccccc2)c2ccccc2)cc1. The summed E-state index contributed by atoms with van der Waals surface area (Å²) >= 11 is 0. The molecule has 132 valence electrons. The number of rotatable bonds is 5. The van der Waals surface area contributed by atoms with Crippen LogP contribution in [0.25, 0.3) is 0 Å². The molecule has 0 atom stereocenters. The largest absolute Gasteiger partial charge is 0.473 e. The Morgan fingerprint density at radius 3 is 1.22 bits per heavy atom. The summed E-state index contributed by atoms with van der Waals surface area (Å²) in [4.78, 5) is 0. The van der Waals surface area contributed by atoms with Crippen LogP contribution in [0.2, 0.25) is 0 Å². The minimum Gasteiger partial charge on any atom is -0.473 e. The third-order valence-electron chi connectivity index (χ3n) is 4.83. The molecule has 4 rings (SSSR count). The third kappa shape index (κ3) is 3.37. The van der Waals surface area contributed by atoms with Gasteiger partial charge in [-0.2, -0.15) is 0 Å². The summed E-state index contributed by atoms with van der Waals surface area (Å²) in [6.07, 6.45) is 0. The first-order chi connectivity index (χ1) is 13.3. The van der Waals surface area contributed by atoms with Gasteiger partial charge in [-0.15, -0.1) is 0 Å². The second kappa shape index (κ2) is 7.51. The molecule has 0 fully saturated rings. The van der Waals surface area contributed by atoms with E-state index in [9.17, 15) is 0 Å². The van der Waals surface area contributed by atoms with Crippen LogP contribution in [0.4, 0.5) is 0 Å². The second-order valence-corrected chi connectivity index (χ2v) is 6.69. The van der Waals surface area contributed by atoms with Crippen LogP contribution in [0.15, 0.2) is 115 Å². The van der Waals surface area contributed by atoms with Crippen LogP contribution < -0.4 is 4.74 Å². The fraction of sp³-hybridized carbons (Fsp3) is 0.0769. The van der Waals surface area contributed by atoms with Crippen molar-refractivity contribution in [2.45, 2.75) is 12.5 Å². The van der Waals surface area contributed by atoms with Gasteiger partial charge in [-0.1, -0.05) is 109 Å². The highest BCUT2D eigenvalue weighted by molar-refractivity contribution is 5.49. The Kier molecular flexibility index (Phi) is 4.76. The van der Waals surface area contributed by atoms with Gasteiger partial charge in [0.15, 0.2) is 5.60 Å². The van der Waals surface area contributed by atoms with Crippen molar-refractivity contribution >= 4 is 0 Å². The molecule has 1 nitrogen and oxygen atoms in total. The molecule has 1 heteroatoms. The minimum absolute atomic E-state index is 0.723. The van der Waals surface area contributed by atoms with E-state index in [4.69, 9.17) is 4.74 Å². The molecule has 0 aliphatic heterocycles. The molecule has 27 heavy (non-hydrogen) atoms. The number of ether oxygens (including phenoxy) is 1. The van der Waals surface area contributed by atoms with Gasteiger partial charge >= 0.3 is 0 Å². The first-order valence-electron chi connectivity index (χ1n) is 9.21. The minimum atomic E-state index is -0.723. The van der Waals surface area contributed by atoms with E-state index in [1.807, 2.05) is 30.3 Å². The Bertz CT molecular complexity index is 878. The van der Waals surface area contributed by atoms with E-state index >= 15 is 0 Å². The van der Waals surface area contributed by atoms with Crippen LogP contribution >= 0.6 is 0 Å². The zero-order chi connectivity index (χ0) is 18.5. The van der Waals surface area contributed by atoms with E-state index in [1.165, 1.54) is 5.56 Å². The predicted molar refractivity (Wildman–Crippen MR) is 111 cm³/mol. The van der Waals surface area contributed by atoms with E-state index in [0.29, 0.717) is 0 Å². The molecule has 0 unspecified atom stereocenters. The Morgan fingerprint density at radius 2 is 0.852 bits per heavy atom. The van der Waals surface area contributed by atoms with Crippen molar-refractivity contribution in [2.24, 2.45) is 0 Å². The maximum Gasteiger partial charge on any atom is 0.184 e. The Labute approximate surface area is 160 Å². The lowest BCUT2D eigenvalue weighted by Crippen LogP contribution is -2.36. The van der Waals surface area contributed by atoms with E-state index in [2.05, 4.69) is 91.9 Å². The molecule has 0 aliphatic carbocycles. The number of aryl methyl sites for hydroxylation is 1. The van der Waals surface area contributed by atoms with E-state index in [1.54, 1.807) is 0 Å². The molecule has 0 N–H and O–H groups in total. The molecule has 0 aromatic heterocycles. The van der Waals surface area contributed by atoms with Crippen LogP contribution in [0, 0.1) is 6.92 Å². The highest BCUT2D eigenvalue weighted by Crippen LogP contribution is 2.41. The van der Waals surface area contributed by atoms with Crippen LogP contribution in [0.3, 0.4) is 0 Å². The average molecular weight is 350 g/mol. The van der Waals surface area contributed by atoms with Gasteiger partial charge in [0.05, 0.1) is 0 Å². The number of hydrogen-bond acceptors (Lipinski definition) is 1. The van der Waals surface area contributed by atoms with Crippen molar-refractivity contribution < 1.29 is 4.74 Å². The zero-order valence-electron chi connectivity index (χ0n) is 15.4. The van der Waals surface area contributed by atoms with Crippen molar-refractivity contribution in [3.8, 4) is 5.75 Å². The lowest BCUT2D eigenvalue weighted by Gasteiger charge is -2.36. The second-order valence-electron chi connectivity index (χ2n) is 6.69. The number of hydrogen-bond donors (Lipinski definition) is 0. The summed E-state index contributed by atoms with van der Waals surface area (Å²) in [6.45, 7) is 2.09. The summed E-state index contributed by atoms with van der Waals surface area (Å²) < 4.78 is 6.82.